The molecule has 0 spiro atoms. The molecule has 0 bridgehead atoms. The Balaban J connectivity index is 2.61. The molecule has 0 aliphatic carbocycles. The summed E-state index contributed by atoms with van der Waals surface area (Å²) < 4.78 is 6.87. The van der Waals surface area contributed by atoms with Crippen LogP contribution in [0, 0.1) is 0 Å². The molecule has 5 heteroatoms. The van der Waals surface area contributed by atoms with Crippen molar-refractivity contribution in [1.82, 2.24) is 9.66 Å². The molecule has 0 saturated heterocycles. The number of hydrogen-bond donors (Lipinski definition) is 1. The Morgan fingerprint density at radius 2 is 2.12 bits per heavy atom. The zero-order valence-electron chi connectivity index (χ0n) is 9.14. The van der Waals surface area contributed by atoms with Crippen molar-refractivity contribution < 1.29 is 4.74 Å². The first-order chi connectivity index (χ1) is 8.24. The van der Waals surface area contributed by atoms with E-state index in [1.54, 1.807) is 24.2 Å². The third-order valence-corrected chi connectivity index (χ3v) is 3.18. The predicted octanol–water partition coefficient (Wildman–Crippen LogP) is 2.57. The van der Waals surface area contributed by atoms with Crippen LogP contribution >= 0.6 is 11.6 Å². The smallest absolute Gasteiger partial charge is 0.163 e. The highest BCUT2D eigenvalue weighted by Crippen LogP contribution is 2.37. The number of ether oxygens (including phenoxy) is 1. The number of rotatable bonds is 1. The molecular weight excluding hydrogens is 238 g/mol. The molecule has 2 aromatic heterocycles. The van der Waals surface area contributed by atoms with Crippen molar-refractivity contribution in [3.05, 3.63) is 35.6 Å². The van der Waals surface area contributed by atoms with E-state index in [9.17, 15) is 0 Å². The van der Waals surface area contributed by atoms with Crippen LogP contribution in [0.25, 0.3) is 21.8 Å². The molecule has 0 aliphatic heterocycles. The van der Waals surface area contributed by atoms with E-state index >= 15 is 0 Å². The van der Waals surface area contributed by atoms with Gasteiger partial charge in [-0.25, -0.2) is 0 Å². The van der Waals surface area contributed by atoms with E-state index in [4.69, 9.17) is 22.2 Å². The van der Waals surface area contributed by atoms with Gasteiger partial charge in [-0.15, -0.1) is 0 Å². The minimum Gasteiger partial charge on any atom is -0.493 e. The number of nitrogens with zero attached hydrogens (tertiary/aromatic N) is 2. The van der Waals surface area contributed by atoms with E-state index < -0.39 is 0 Å². The van der Waals surface area contributed by atoms with Crippen molar-refractivity contribution in [2.24, 2.45) is 0 Å². The van der Waals surface area contributed by atoms with Gasteiger partial charge in [-0.05, 0) is 12.1 Å². The van der Waals surface area contributed by atoms with Crippen molar-refractivity contribution in [2.75, 3.05) is 13.0 Å². The molecule has 0 aliphatic rings. The Morgan fingerprint density at radius 1 is 1.29 bits per heavy atom. The van der Waals surface area contributed by atoms with Crippen molar-refractivity contribution in [3.8, 4) is 5.75 Å². The fraction of sp³-hybridized carbons (Fsp3) is 0.0833. The second kappa shape index (κ2) is 3.53. The summed E-state index contributed by atoms with van der Waals surface area (Å²) in [4.78, 5) is 4.07. The van der Waals surface area contributed by atoms with Gasteiger partial charge in [0.25, 0.3) is 0 Å². The second-order valence-corrected chi connectivity index (χ2v) is 4.15. The lowest BCUT2D eigenvalue weighted by molar-refractivity contribution is 0.418. The summed E-state index contributed by atoms with van der Waals surface area (Å²) in [5.41, 5.74) is 1.63. The van der Waals surface area contributed by atoms with Crippen molar-refractivity contribution in [2.45, 2.75) is 0 Å². The minimum absolute atomic E-state index is 0.544. The summed E-state index contributed by atoms with van der Waals surface area (Å²) in [7, 11) is 1.58. The lowest BCUT2D eigenvalue weighted by Crippen LogP contribution is -2.08. The van der Waals surface area contributed by atoms with E-state index in [-0.39, 0.29) is 0 Å². The molecule has 1 aromatic carbocycles. The molecule has 0 saturated carbocycles. The molecule has 0 atom stereocenters. The Bertz CT molecular complexity index is 720. The van der Waals surface area contributed by atoms with Gasteiger partial charge in [-0.2, -0.15) is 0 Å². The number of nitrogen functional groups attached to an aromatic ring is 1. The standard InChI is InChI=1S/C12H10ClN3O/c1-17-12-9(13)3-2-8-7-4-5-15-6-10(7)16(14)11(8)12/h2-6H,14H2,1H3. The predicted molar refractivity (Wildman–Crippen MR) is 69.0 cm³/mol. The van der Waals surface area contributed by atoms with Crippen LogP contribution in [0.3, 0.4) is 0 Å². The molecule has 0 fully saturated rings. The van der Waals surface area contributed by atoms with Crippen LogP contribution in [0.2, 0.25) is 5.02 Å². The molecule has 3 aromatic rings. The molecule has 0 unspecified atom stereocenters. The molecule has 17 heavy (non-hydrogen) atoms. The van der Waals surface area contributed by atoms with Crippen molar-refractivity contribution >= 4 is 33.4 Å². The van der Waals surface area contributed by atoms with Crippen LogP contribution in [0.1, 0.15) is 0 Å². The molecular formula is C12H10ClN3O. The van der Waals surface area contributed by atoms with Gasteiger partial charge in [0.15, 0.2) is 5.75 Å². The van der Waals surface area contributed by atoms with Gasteiger partial charge >= 0.3 is 0 Å². The fourth-order valence-electron chi connectivity index (χ4n) is 2.12. The number of pyridine rings is 1. The zero-order valence-corrected chi connectivity index (χ0v) is 9.90. The maximum Gasteiger partial charge on any atom is 0.163 e. The quantitative estimate of drug-likeness (QED) is 0.673. The number of nitrogens with two attached hydrogens (primary N) is 1. The highest BCUT2D eigenvalue weighted by atomic mass is 35.5. The Kier molecular flexibility index (Phi) is 2.12. The first kappa shape index (κ1) is 10.2. The Morgan fingerprint density at radius 3 is 2.88 bits per heavy atom. The minimum atomic E-state index is 0.544. The number of methoxy groups -OCH3 is 1. The summed E-state index contributed by atoms with van der Waals surface area (Å²) in [5, 5.41) is 2.58. The van der Waals surface area contributed by atoms with Gasteiger partial charge < -0.3 is 10.6 Å². The van der Waals surface area contributed by atoms with Gasteiger partial charge in [0.1, 0.15) is 5.52 Å². The van der Waals surface area contributed by atoms with E-state index in [0.717, 1.165) is 21.8 Å². The normalized spacial score (nSPS) is 11.2. The lowest BCUT2D eigenvalue weighted by atomic mass is 10.2. The molecule has 2 heterocycles. The maximum absolute atomic E-state index is 6.09. The van der Waals surface area contributed by atoms with Crippen molar-refractivity contribution in [1.29, 1.82) is 0 Å². The van der Waals surface area contributed by atoms with Gasteiger partial charge in [-0.3, -0.25) is 9.66 Å². The van der Waals surface area contributed by atoms with Gasteiger partial charge in [0.2, 0.25) is 0 Å². The molecule has 0 amide bonds. The van der Waals surface area contributed by atoms with Crippen LogP contribution < -0.4 is 10.6 Å². The van der Waals surface area contributed by atoms with Gasteiger partial charge in [-0.1, -0.05) is 17.7 Å². The average molecular weight is 248 g/mol. The summed E-state index contributed by atoms with van der Waals surface area (Å²) >= 11 is 6.09. The van der Waals surface area contributed by atoms with Crippen LogP contribution in [0.4, 0.5) is 0 Å². The van der Waals surface area contributed by atoms with Crippen LogP contribution in [0.5, 0.6) is 5.75 Å². The van der Waals surface area contributed by atoms with E-state index in [0.29, 0.717) is 10.8 Å². The number of hydrogen-bond acceptors (Lipinski definition) is 3. The van der Waals surface area contributed by atoms with E-state index in [2.05, 4.69) is 4.98 Å². The summed E-state index contributed by atoms with van der Waals surface area (Å²) in [6.45, 7) is 0. The number of benzene rings is 1. The van der Waals surface area contributed by atoms with Crippen LogP contribution in [-0.2, 0) is 0 Å². The van der Waals surface area contributed by atoms with Crippen LogP contribution in [-0.4, -0.2) is 16.8 Å². The first-order valence-electron chi connectivity index (χ1n) is 5.09. The largest absolute Gasteiger partial charge is 0.493 e. The van der Waals surface area contributed by atoms with Crippen molar-refractivity contribution in [3.63, 3.8) is 0 Å². The highest BCUT2D eigenvalue weighted by Gasteiger charge is 2.15. The third kappa shape index (κ3) is 1.27. The van der Waals surface area contributed by atoms with Gasteiger partial charge in [0.05, 0.1) is 23.8 Å². The molecule has 0 radical (unpaired) electrons. The lowest BCUT2D eigenvalue weighted by Gasteiger charge is -2.06. The summed E-state index contributed by atoms with van der Waals surface area (Å²) in [6.07, 6.45) is 3.46. The Hall–Kier alpha value is -1.94. The van der Waals surface area contributed by atoms with Crippen LogP contribution in [0.15, 0.2) is 30.6 Å². The van der Waals surface area contributed by atoms with E-state index in [1.165, 1.54) is 0 Å². The summed E-state index contributed by atoms with van der Waals surface area (Å²) in [5.74, 6) is 6.64. The Labute approximate surface area is 103 Å². The highest BCUT2D eigenvalue weighted by molar-refractivity contribution is 6.33. The number of aromatic nitrogens is 2. The number of fused-ring (bicyclic) bond motifs is 3. The number of halogens is 1. The third-order valence-electron chi connectivity index (χ3n) is 2.88. The molecule has 2 N–H and O–H groups in total. The topological polar surface area (TPSA) is 53.1 Å². The molecule has 86 valence electrons. The monoisotopic (exact) mass is 247 g/mol. The second-order valence-electron chi connectivity index (χ2n) is 3.74. The fourth-order valence-corrected chi connectivity index (χ4v) is 2.35. The maximum atomic E-state index is 6.09. The van der Waals surface area contributed by atoms with Gasteiger partial charge in [0, 0.05) is 17.0 Å². The summed E-state index contributed by atoms with van der Waals surface area (Å²) in [6, 6.07) is 5.67. The molecule has 4 nitrogen and oxygen atoms in total. The first-order valence-corrected chi connectivity index (χ1v) is 5.47. The zero-order chi connectivity index (χ0) is 12.0. The molecule has 3 rings (SSSR count). The average Bonchev–Trinajstić information content (AvgIpc) is 2.64. The van der Waals surface area contributed by atoms with E-state index in [1.807, 2.05) is 18.2 Å². The SMILES string of the molecule is COc1c(Cl)ccc2c3ccncc3n(N)c12.